The summed E-state index contributed by atoms with van der Waals surface area (Å²) in [6.45, 7) is 2.49. The van der Waals surface area contributed by atoms with Gasteiger partial charge < -0.3 is 14.2 Å². The van der Waals surface area contributed by atoms with Crippen molar-refractivity contribution >= 4 is 11.6 Å². The third-order valence-electron chi connectivity index (χ3n) is 5.24. The first-order valence-electron chi connectivity index (χ1n) is 10.3. The molecule has 0 spiro atoms. The summed E-state index contributed by atoms with van der Waals surface area (Å²) in [6, 6.07) is 3.45. The van der Waals surface area contributed by atoms with Crippen LogP contribution in [0.1, 0.15) is 34.8 Å². The van der Waals surface area contributed by atoms with Crippen molar-refractivity contribution in [2.45, 2.75) is 32.8 Å². The number of fused-ring (bicyclic) bond motifs is 1. The topological polar surface area (TPSA) is 91.6 Å². The molecule has 1 aliphatic rings. The van der Waals surface area contributed by atoms with E-state index in [9.17, 15) is 18.0 Å². The zero-order chi connectivity index (χ0) is 24.6. The molecule has 12 heteroatoms. The lowest BCUT2D eigenvalue weighted by atomic mass is 10.0. The maximum absolute atomic E-state index is 13.3. The molecule has 1 atom stereocenters. The van der Waals surface area contributed by atoms with Gasteiger partial charge in [0.25, 0.3) is 11.8 Å². The highest BCUT2D eigenvalue weighted by Crippen LogP contribution is 2.40. The zero-order valence-corrected chi connectivity index (χ0v) is 18.9. The van der Waals surface area contributed by atoms with Crippen molar-refractivity contribution < 1.29 is 32.2 Å². The molecule has 1 aliphatic heterocycles. The Morgan fingerprint density at radius 2 is 1.91 bits per heavy atom. The molecule has 0 radical (unpaired) electrons. The number of halogens is 3. The SMILES string of the molecule is CCO[C@H]1c2nc(-c3cnc(OC)c(OC)c3)cc(C)c2C(=O)N1c1cnn(CC(F)(F)F)c1. The molecular formula is C22H22F3N5O4. The Morgan fingerprint density at radius 3 is 2.56 bits per heavy atom. The summed E-state index contributed by atoms with van der Waals surface area (Å²) in [5, 5.41) is 3.75. The highest BCUT2D eigenvalue weighted by Gasteiger charge is 2.42. The minimum atomic E-state index is -4.44. The summed E-state index contributed by atoms with van der Waals surface area (Å²) in [5.74, 6) is 0.298. The molecule has 9 nitrogen and oxygen atoms in total. The summed E-state index contributed by atoms with van der Waals surface area (Å²) in [7, 11) is 2.97. The van der Waals surface area contributed by atoms with E-state index in [0.29, 0.717) is 39.7 Å². The monoisotopic (exact) mass is 477 g/mol. The lowest BCUT2D eigenvalue weighted by Crippen LogP contribution is -2.29. The standard InChI is InChI=1S/C22H22F3N5O4/c1-5-34-21-18-17(20(31)30(21)14-9-27-29(10-14)11-22(23,24)25)12(2)6-15(28-18)13-7-16(32-3)19(33-4)26-8-13/h6-10,21H,5,11H2,1-4H3/t21-/m0/s1. The van der Waals surface area contributed by atoms with E-state index in [-0.39, 0.29) is 12.3 Å². The van der Waals surface area contributed by atoms with Crippen molar-refractivity contribution in [3.8, 4) is 22.9 Å². The van der Waals surface area contributed by atoms with Crippen LogP contribution in [-0.2, 0) is 11.3 Å². The van der Waals surface area contributed by atoms with Crippen LogP contribution in [0.2, 0.25) is 0 Å². The summed E-state index contributed by atoms with van der Waals surface area (Å²) in [4.78, 5) is 23.5. The number of methoxy groups -OCH3 is 2. The van der Waals surface area contributed by atoms with Crippen LogP contribution < -0.4 is 14.4 Å². The molecule has 4 heterocycles. The largest absolute Gasteiger partial charge is 0.491 e. The Bertz CT molecular complexity index is 1230. The number of ether oxygens (including phenoxy) is 3. The van der Waals surface area contributed by atoms with Crippen LogP contribution in [0.25, 0.3) is 11.3 Å². The van der Waals surface area contributed by atoms with Gasteiger partial charge in [-0.25, -0.2) is 9.97 Å². The molecule has 0 aliphatic carbocycles. The molecule has 4 rings (SSSR count). The number of aryl methyl sites for hydroxylation is 1. The van der Waals surface area contributed by atoms with Gasteiger partial charge in [0.15, 0.2) is 12.0 Å². The van der Waals surface area contributed by atoms with E-state index in [1.807, 2.05) is 0 Å². The van der Waals surface area contributed by atoms with Gasteiger partial charge in [-0.05, 0) is 31.5 Å². The van der Waals surface area contributed by atoms with E-state index < -0.39 is 24.9 Å². The van der Waals surface area contributed by atoms with Gasteiger partial charge in [0.2, 0.25) is 0 Å². The summed E-state index contributed by atoms with van der Waals surface area (Å²) < 4.78 is 55.4. The Morgan fingerprint density at radius 1 is 1.15 bits per heavy atom. The number of anilines is 1. The van der Waals surface area contributed by atoms with Gasteiger partial charge in [-0.3, -0.25) is 14.4 Å². The number of rotatable bonds is 7. The van der Waals surface area contributed by atoms with Gasteiger partial charge in [0.05, 0.1) is 37.4 Å². The number of carbonyl (C=O) groups is 1. The molecule has 0 unspecified atom stereocenters. The molecule has 0 fully saturated rings. The molecule has 0 N–H and O–H groups in total. The van der Waals surface area contributed by atoms with Crippen molar-refractivity contribution in [2.24, 2.45) is 0 Å². The molecular weight excluding hydrogens is 455 g/mol. The van der Waals surface area contributed by atoms with Crippen LogP contribution >= 0.6 is 0 Å². The fourth-order valence-corrected chi connectivity index (χ4v) is 3.83. The average molecular weight is 477 g/mol. The second kappa shape index (κ2) is 8.93. The fourth-order valence-electron chi connectivity index (χ4n) is 3.83. The van der Waals surface area contributed by atoms with Gasteiger partial charge in [-0.15, -0.1) is 0 Å². The van der Waals surface area contributed by atoms with Crippen molar-refractivity contribution in [1.82, 2.24) is 19.7 Å². The smallest absolute Gasteiger partial charge is 0.408 e. The zero-order valence-electron chi connectivity index (χ0n) is 18.9. The molecule has 0 aromatic carbocycles. The van der Waals surface area contributed by atoms with Crippen LogP contribution in [0.3, 0.4) is 0 Å². The Labute approximate surface area is 193 Å². The third-order valence-corrected chi connectivity index (χ3v) is 5.24. The predicted octanol–water partition coefficient (Wildman–Crippen LogP) is 3.92. The molecule has 3 aromatic heterocycles. The van der Waals surface area contributed by atoms with Crippen molar-refractivity contribution in [3.05, 3.63) is 47.5 Å². The van der Waals surface area contributed by atoms with Crippen LogP contribution in [-0.4, -0.2) is 52.7 Å². The van der Waals surface area contributed by atoms with Crippen molar-refractivity contribution in [3.63, 3.8) is 0 Å². The lowest BCUT2D eigenvalue weighted by molar-refractivity contribution is -0.142. The Hall–Kier alpha value is -3.67. The quantitative estimate of drug-likeness (QED) is 0.509. The highest BCUT2D eigenvalue weighted by molar-refractivity contribution is 6.11. The molecule has 3 aromatic rings. The number of hydrogen-bond acceptors (Lipinski definition) is 7. The molecule has 0 bridgehead atoms. The normalized spacial score (nSPS) is 15.6. The number of aromatic nitrogens is 4. The first-order chi connectivity index (χ1) is 16.2. The van der Waals surface area contributed by atoms with Crippen LogP contribution in [0, 0.1) is 6.92 Å². The average Bonchev–Trinajstić information content (AvgIpc) is 3.34. The van der Waals surface area contributed by atoms with E-state index in [4.69, 9.17) is 14.2 Å². The number of alkyl halides is 3. The minimum Gasteiger partial charge on any atom is -0.491 e. The summed E-state index contributed by atoms with van der Waals surface area (Å²) in [6.07, 6.45) is -1.43. The van der Waals surface area contributed by atoms with E-state index in [1.165, 1.54) is 25.3 Å². The lowest BCUT2D eigenvalue weighted by Gasteiger charge is -2.23. The van der Waals surface area contributed by atoms with Gasteiger partial charge in [-0.2, -0.15) is 18.3 Å². The second-order valence-corrected chi connectivity index (χ2v) is 7.51. The van der Waals surface area contributed by atoms with Crippen molar-refractivity contribution in [2.75, 3.05) is 25.7 Å². The van der Waals surface area contributed by atoms with Gasteiger partial charge in [0.1, 0.15) is 12.2 Å². The predicted molar refractivity (Wildman–Crippen MR) is 115 cm³/mol. The number of amides is 1. The van der Waals surface area contributed by atoms with Crippen LogP contribution in [0.4, 0.5) is 18.9 Å². The number of nitrogens with zero attached hydrogens (tertiary/aromatic N) is 5. The maximum atomic E-state index is 13.3. The van der Waals surface area contributed by atoms with E-state index in [1.54, 1.807) is 32.2 Å². The minimum absolute atomic E-state index is 0.180. The van der Waals surface area contributed by atoms with Gasteiger partial charge in [0, 0.05) is 24.6 Å². The van der Waals surface area contributed by atoms with E-state index in [0.717, 1.165) is 10.9 Å². The van der Waals surface area contributed by atoms with E-state index >= 15 is 0 Å². The Balaban J connectivity index is 1.77. The molecule has 0 saturated carbocycles. The first-order valence-corrected chi connectivity index (χ1v) is 10.3. The number of carbonyl (C=O) groups excluding carboxylic acids is 1. The number of pyridine rings is 2. The maximum Gasteiger partial charge on any atom is 0.408 e. The van der Waals surface area contributed by atoms with Crippen LogP contribution in [0.15, 0.2) is 30.7 Å². The second-order valence-electron chi connectivity index (χ2n) is 7.51. The van der Waals surface area contributed by atoms with Crippen LogP contribution in [0.5, 0.6) is 11.6 Å². The summed E-state index contributed by atoms with van der Waals surface area (Å²) >= 11 is 0. The van der Waals surface area contributed by atoms with E-state index in [2.05, 4.69) is 15.1 Å². The van der Waals surface area contributed by atoms with Gasteiger partial charge >= 0.3 is 6.18 Å². The molecule has 180 valence electrons. The molecule has 0 saturated heterocycles. The van der Waals surface area contributed by atoms with Crippen molar-refractivity contribution in [1.29, 1.82) is 0 Å². The third kappa shape index (κ3) is 4.28. The molecule has 1 amide bonds. The van der Waals surface area contributed by atoms with Gasteiger partial charge in [-0.1, -0.05) is 0 Å². The number of hydrogen-bond donors (Lipinski definition) is 0. The Kier molecular flexibility index (Phi) is 6.17. The highest BCUT2D eigenvalue weighted by atomic mass is 19.4. The summed E-state index contributed by atoms with van der Waals surface area (Å²) in [5.41, 5.74) is 2.66. The molecule has 34 heavy (non-hydrogen) atoms. The fraction of sp³-hybridized carbons (Fsp3) is 0.364. The first kappa shape index (κ1) is 23.5.